The van der Waals surface area contributed by atoms with E-state index in [-0.39, 0.29) is 18.6 Å². The monoisotopic (exact) mass is 264 g/mol. The van der Waals surface area contributed by atoms with Crippen molar-refractivity contribution in [3.05, 3.63) is 20.2 Å². The van der Waals surface area contributed by atoms with Gasteiger partial charge in [0.05, 0.1) is 0 Å². The minimum absolute atomic E-state index is 0.00900. The number of Topliss-reactive ketones (excluding diaryl/α,β-unsaturated/α-hetero) is 1. The SMILES string of the molecule is CC(C)(C)C(=O)CCC(CO[N+](=O)[O-])O[N+](=O)[O-]. The summed E-state index contributed by atoms with van der Waals surface area (Å²) in [4.78, 5) is 39.9. The van der Waals surface area contributed by atoms with Gasteiger partial charge in [-0.3, -0.25) is 4.79 Å². The molecule has 0 rings (SSSR count). The lowest BCUT2D eigenvalue weighted by Crippen LogP contribution is -2.27. The first-order chi connectivity index (χ1) is 8.12. The molecule has 1 atom stereocenters. The van der Waals surface area contributed by atoms with Gasteiger partial charge in [0.2, 0.25) is 0 Å². The van der Waals surface area contributed by atoms with Crippen molar-refractivity contribution in [3.63, 3.8) is 0 Å². The van der Waals surface area contributed by atoms with Crippen molar-refractivity contribution >= 4 is 5.78 Å². The fraction of sp³-hybridized carbons (Fsp3) is 0.889. The van der Waals surface area contributed by atoms with E-state index in [1.165, 1.54) is 0 Å². The molecule has 0 aromatic carbocycles. The number of carbonyl (C=O) groups excluding carboxylic acids is 1. The highest BCUT2D eigenvalue weighted by atomic mass is 17.0. The van der Waals surface area contributed by atoms with Crippen molar-refractivity contribution in [3.8, 4) is 0 Å². The molecule has 0 aliphatic carbocycles. The molecule has 0 spiro atoms. The third-order valence-corrected chi connectivity index (χ3v) is 2.13. The summed E-state index contributed by atoms with van der Waals surface area (Å²) in [6.45, 7) is 4.57. The Labute approximate surface area is 103 Å². The van der Waals surface area contributed by atoms with E-state index in [0.29, 0.717) is 0 Å². The first-order valence-corrected chi connectivity index (χ1v) is 5.24. The van der Waals surface area contributed by atoms with Gasteiger partial charge in [0.15, 0.2) is 0 Å². The van der Waals surface area contributed by atoms with E-state index in [2.05, 4.69) is 9.68 Å². The molecule has 18 heavy (non-hydrogen) atoms. The Morgan fingerprint density at radius 2 is 1.78 bits per heavy atom. The van der Waals surface area contributed by atoms with Crippen LogP contribution in [0.15, 0.2) is 0 Å². The lowest BCUT2D eigenvalue weighted by Gasteiger charge is -2.18. The van der Waals surface area contributed by atoms with Crippen LogP contribution in [0.3, 0.4) is 0 Å². The van der Waals surface area contributed by atoms with Crippen LogP contribution < -0.4 is 0 Å². The largest absolute Gasteiger partial charge is 0.312 e. The van der Waals surface area contributed by atoms with Crippen molar-refractivity contribution in [2.75, 3.05) is 6.61 Å². The van der Waals surface area contributed by atoms with Gasteiger partial charge in [-0.05, 0) is 6.42 Å². The van der Waals surface area contributed by atoms with Crippen LogP contribution in [-0.2, 0) is 14.5 Å². The van der Waals surface area contributed by atoms with Crippen molar-refractivity contribution in [2.45, 2.75) is 39.7 Å². The summed E-state index contributed by atoms with van der Waals surface area (Å²) < 4.78 is 0. The Morgan fingerprint density at radius 1 is 1.22 bits per heavy atom. The highest BCUT2D eigenvalue weighted by molar-refractivity contribution is 5.83. The number of hydrogen-bond acceptors (Lipinski definition) is 7. The summed E-state index contributed by atoms with van der Waals surface area (Å²) in [6, 6.07) is 0. The van der Waals surface area contributed by atoms with Gasteiger partial charge in [-0.25, -0.2) is 0 Å². The molecule has 0 saturated carbocycles. The second-order valence-corrected chi connectivity index (χ2v) is 4.68. The van der Waals surface area contributed by atoms with Gasteiger partial charge in [0.25, 0.3) is 10.2 Å². The van der Waals surface area contributed by atoms with Crippen molar-refractivity contribution in [1.29, 1.82) is 0 Å². The molecule has 0 saturated heterocycles. The van der Waals surface area contributed by atoms with Gasteiger partial charge in [0.1, 0.15) is 18.5 Å². The molecule has 0 radical (unpaired) electrons. The van der Waals surface area contributed by atoms with E-state index in [9.17, 15) is 25.0 Å². The minimum atomic E-state index is -1.13. The number of carbonyl (C=O) groups is 1. The molecule has 9 heteroatoms. The fourth-order valence-electron chi connectivity index (χ4n) is 1.10. The standard InChI is InChI=1S/C9H16N2O7/c1-9(2,3)8(12)5-4-7(18-11(15)16)6-17-10(13)14/h7H,4-6H2,1-3H3. The summed E-state index contributed by atoms with van der Waals surface area (Å²) in [5.41, 5.74) is -0.566. The molecule has 1 unspecified atom stereocenters. The van der Waals surface area contributed by atoms with Gasteiger partial charge in [-0.15, -0.1) is 20.2 Å². The zero-order valence-electron chi connectivity index (χ0n) is 10.5. The molecule has 0 fully saturated rings. The van der Waals surface area contributed by atoms with Crippen LogP contribution in [0.4, 0.5) is 0 Å². The van der Waals surface area contributed by atoms with Crippen LogP contribution in [0.2, 0.25) is 0 Å². The van der Waals surface area contributed by atoms with E-state index < -0.39 is 28.3 Å². The molecule has 9 nitrogen and oxygen atoms in total. The highest BCUT2D eigenvalue weighted by Gasteiger charge is 2.24. The highest BCUT2D eigenvalue weighted by Crippen LogP contribution is 2.19. The molecule has 0 aliphatic heterocycles. The molecule has 0 bridgehead atoms. The zero-order valence-corrected chi connectivity index (χ0v) is 10.5. The van der Waals surface area contributed by atoms with Crippen molar-refractivity contribution < 1.29 is 24.6 Å². The Balaban J connectivity index is 4.28. The third-order valence-electron chi connectivity index (χ3n) is 2.13. The summed E-state index contributed by atoms with van der Waals surface area (Å²) in [7, 11) is 0. The van der Waals surface area contributed by atoms with Gasteiger partial charge < -0.3 is 9.68 Å². The van der Waals surface area contributed by atoms with Crippen LogP contribution in [-0.4, -0.2) is 28.7 Å². The first kappa shape index (κ1) is 16.1. The zero-order chi connectivity index (χ0) is 14.3. The molecule has 0 heterocycles. The van der Waals surface area contributed by atoms with Crippen molar-refractivity contribution in [2.24, 2.45) is 5.41 Å². The normalized spacial score (nSPS) is 12.6. The van der Waals surface area contributed by atoms with E-state index in [0.717, 1.165) is 0 Å². The summed E-state index contributed by atoms with van der Waals surface area (Å²) >= 11 is 0. The molecule has 0 aliphatic rings. The molecule has 0 aromatic heterocycles. The van der Waals surface area contributed by atoms with Crippen LogP contribution >= 0.6 is 0 Å². The topological polar surface area (TPSA) is 122 Å². The smallest absolute Gasteiger partial charge is 0.294 e. The second kappa shape index (κ2) is 6.72. The lowest BCUT2D eigenvalue weighted by atomic mass is 9.88. The molecular weight excluding hydrogens is 248 g/mol. The van der Waals surface area contributed by atoms with E-state index in [1.54, 1.807) is 20.8 Å². The Morgan fingerprint density at radius 3 is 2.17 bits per heavy atom. The maximum Gasteiger partial charge on any atom is 0.294 e. The van der Waals surface area contributed by atoms with Gasteiger partial charge >= 0.3 is 0 Å². The van der Waals surface area contributed by atoms with Gasteiger partial charge in [-0.1, -0.05) is 20.8 Å². The van der Waals surface area contributed by atoms with Crippen LogP contribution in [0.25, 0.3) is 0 Å². The van der Waals surface area contributed by atoms with E-state index in [1.807, 2.05) is 0 Å². The first-order valence-electron chi connectivity index (χ1n) is 5.24. The average Bonchev–Trinajstić information content (AvgIpc) is 2.19. The summed E-state index contributed by atoms with van der Waals surface area (Å²) in [5, 5.41) is 18.0. The summed E-state index contributed by atoms with van der Waals surface area (Å²) in [5.74, 6) is -0.111. The molecule has 0 aromatic rings. The number of rotatable bonds is 8. The van der Waals surface area contributed by atoms with Gasteiger partial charge in [-0.2, -0.15) is 0 Å². The second-order valence-electron chi connectivity index (χ2n) is 4.68. The lowest BCUT2D eigenvalue weighted by molar-refractivity contribution is -0.790. The Hall–Kier alpha value is -1.93. The van der Waals surface area contributed by atoms with Crippen LogP contribution in [0.1, 0.15) is 33.6 Å². The van der Waals surface area contributed by atoms with E-state index in [4.69, 9.17) is 0 Å². The average molecular weight is 264 g/mol. The fourth-order valence-corrected chi connectivity index (χ4v) is 1.10. The van der Waals surface area contributed by atoms with Crippen molar-refractivity contribution in [1.82, 2.24) is 0 Å². The number of hydrogen-bond donors (Lipinski definition) is 0. The molecular formula is C9H16N2O7. The Kier molecular flexibility index (Phi) is 6.00. The molecule has 104 valence electrons. The molecule has 0 amide bonds. The Bertz CT molecular complexity index is 323. The maximum atomic E-state index is 11.6. The van der Waals surface area contributed by atoms with Gasteiger partial charge in [0, 0.05) is 11.8 Å². The molecule has 0 N–H and O–H groups in total. The third kappa shape index (κ3) is 7.36. The van der Waals surface area contributed by atoms with E-state index >= 15 is 0 Å². The maximum absolute atomic E-state index is 11.6. The predicted octanol–water partition coefficient (Wildman–Crippen LogP) is 1.17. The van der Waals surface area contributed by atoms with Crippen LogP contribution in [0, 0.1) is 25.6 Å². The quantitative estimate of drug-likeness (QED) is 0.476. The predicted molar refractivity (Wildman–Crippen MR) is 58.5 cm³/mol. The minimum Gasteiger partial charge on any atom is -0.312 e. The number of nitrogens with zero attached hydrogens (tertiary/aromatic N) is 2. The summed E-state index contributed by atoms with van der Waals surface area (Å²) in [6.07, 6.45) is -1.11. The van der Waals surface area contributed by atoms with Crippen LogP contribution in [0.5, 0.6) is 0 Å². The number of ketones is 1.